The van der Waals surface area contributed by atoms with Crippen LogP contribution in [-0.2, 0) is 14.6 Å². The molecule has 0 aromatic heterocycles. The Bertz CT molecular complexity index is 867. The van der Waals surface area contributed by atoms with E-state index in [0.29, 0.717) is 15.8 Å². The van der Waals surface area contributed by atoms with Crippen LogP contribution in [0.2, 0.25) is 10.0 Å². The summed E-state index contributed by atoms with van der Waals surface area (Å²) in [5.74, 6) is 0.0390. The molecule has 0 spiro atoms. The number of carbonyl (C=O) groups excluding carboxylic acids is 1. The zero-order chi connectivity index (χ0) is 18.6. The fourth-order valence-corrected chi connectivity index (χ4v) is 3.20. The summed E-state index contributed by atoms with van der Waals surface area (Å²) in [5, 5.41) is 3.58. The van der Waals surface area contributed by atoms with E-state index in [0.717, 1.165) is 11.8 Å². The number of carbonyl (C=O) groups is 1. The molecule has 1 N–H and O–H groups in total. The Morgan fingerprint density at radius 3 is 2.36 bits per heavy atom. The molecule has 2 aromatic rings. The van der Waals surface area contributed by atoms with E-state index in [1.54, 1.807) is 31.2 Å². The maximum absolute atomic E-state index is 12.0. The molecule has 5 nitrogen and oxygen atoms in total. The molecule has 0 fully saturated rings. The third kappa shape index (κ3) is 5.63. The molecule has 2 aromatic carbocycles. The SMILES string of the molecule is CC(NC(=O)COc1ccc(Cl)cc1Cl)c1ccc(S(C)(=O)=O)cc1. The maximum atomic E-state index is 12.0. The number of rotatable bonds is 6. The van der Waals surface area contributed by atoms with Gasteiger partial charge in [0.1, 0.15) is 5.75 Å². The second-order valence-corrected chi connectivity index (χ2v) is 8.35. The first-order valence-corrected chi connectivity index (χ1v) is 9.99. The fraction of sp³-hybridized carbons (Fsp3) is 0.235. The van der Waals surface area contributed by atoms with Crippen molar-refractivity contribution in [2.45, 2.75) is 17.9 Å². The van der Waals surface area contributed by atoms with Crippen LogP contribution in [0.3, 0.4) is 0 Å². The highest BCUT2D eigenvalue weighted by Crippen LogP contribution is 2.27. The van der Waals surface area contributed by atoms with E-state index < -0.39 is 9.84 Å². The predicted octanol–water partition coefficient (Wildman–Crippen LogP) is 3.65. The lowest BCUT2D eigenvalue weighted by atomic mass is 10.1. The second-order valence-electron chi connectivity index (χ2n) is 5.49. The number of benzene rings is 2. The lowest BCUT2D eigenvalue weighted by Gasteiger charge is -2.15. The molecule has 0 radical (unpaired) electrons. The van der Waals surface area contributed by atoms with Crippen molar-refractivity contribution in [3.05, 3.63) is 58.1 Å². The van der Waals surface area contributed by atoms with Gasteiger partial charge in [-0.3, -0.25) is 4.79 Å². The van der Waals surface area contributed by atoms with Gasteiger partial charge in [-0.05, 0) is 42.8 Å². The molecular formula is C17H17Cl2NO4S. The first-order chi connectivity index (χ1) is 11.7. The van der Waals surface area contributed by atoms with Crippen LogP contribution in [-0.4, -0.2) is 27.2 Å². The molecule has 134 valence electrons. The van der Waals surface area contributed by atoms with Gasteiger partial charge in [-0.1, -0.05) is 35.3 Å². The van der Waals surface area contributed by atoms with Crippen molar-refractivity contribution in [1.29, 1.82) is 0 Å². The zero-order valence-corrected chi connectivity index (χ0v) is 16.0. The normalized spacial score (nSPS) is 12.5. The molecule has 0 saturated heterocycles. The number of nitrogens with one attached hydrogen (secondary N) is 1. The largest absolute Gasteiger partial charge is 0.482 e. The van der Waals surface area contributed by atoms with Crippen LogP contribution < -0.4 is 10.1 Å². The van der Waals surface area contributed by atoms with Gasteiger partial charge in [-0.25, -0.2) is 8.42 Å². The minimum absolute atomic E-state index is 0.201. The Balaban J connectivity index is 1.93. The zero-order valence-electron chi connectivity index (χ0n) is 13.6. The Morgan fingerprint density at radius 2 is 1.80 bits per heavy atom. The number of ether oxygens (including phenoxy) is 1. The summed E-state index contributed by atoms with van der Waals surface area (Å²) in [7, 11) is -3.24. The summed E-state index contributed by atoms with van der Waals surface area (Å²) >= 11 is 11.8. The Kier molecular flexibility index (Phi) is 6.32. The highest BCUT2D eigenvalue weighted by Gasteiger charge is 2.13. The molecule has 8 heteroatoms. The van der Waals surface area contributed by atoms with Gasteiger partial charge >= 0.3 is 0 Å². The van der Waals surface area contributed by atoms with Gasteiger partial charge in [0.25, 0.3) is 5.91 Å². The highest BCUT2D eigenvalue weighted by molar-refractivity contribution is 7.90. The minimum atomic E-state index is -3.24. The van der Waals surface area contributed by atoms with Crippen molar-refractivity contribution in [2.24, 2.45) is 0 Å². The summed E-state index contributed by atoms with van der Waals surface area (Å²) in [6, 6.07) is 10.8. The molecule has 1 atom stereocenters. The third-order valence-electron chi connectivity index (χ3n) is 3.44. The average molecular weight is 402 g/mol. The molecule has 25 heavy (non-hydrogen) atoms. The van der Waals surface area contributed by atoms with E-state index >= 15 is 0 Å². The summed E-state index contributed by atoms with van der Waals surface area (Å²) < 4.78 is 28.3. The van der Waals surface area contributed by atoms with Gasteiger partial charge < -0.3 is 10.1 Å². The molecule has 0 aliphatic heterocycles. The van der Waals surface area contributed by atoms with Crippen LogP contribution in [0, 0.1) is 0 Å². The van der Waals surface area contributed by atoms with E-state index in [4.69, 9.17) is 27.9 Å². The van der Waals surface area contributed by atoms with Crippen LogP contribution in [0.25, 0.3) is 0 Å². The van der Waals surface area contributed by atoms with Crippen molar-refractivity contribution in [3.8, 4) is 5.75 Å². The average Bonchev–Trinajstić information content (AvgIpc) is 2.53. The van der Waals surface area contributed by atoms with Crippen LogP contribution in [0.5, 0.6) is 5.75 Å². The number of amides is 1. The summed E-state index contributed by atoms with van der Waals surface area (Å²) in [4.78, 5) is 12.2. The van der Waals surface area contributed by atoms with Crippen LogP contribution in [0.1, 0.15) is 18.5 Å². The molecule has 1 amide bonds. The molecule has 0 aliphatic rings. The predicted molar refractivity (Wildman–Crippen MR) is 98.1 cm³/mol. The van der Waals surface area contributed by atoms with Crippen molar-refractivity contribution in [1.82, 2.24) is 5.32 Å². The van der Waals surface area contributed by atoms with E-state index in [-0.39, 0.29) is 23.5 Å². The Hall–Kier alpha value is -1.76. The lowest BCUT2D eigenvalue weighted by molar-refractivity contribution is -0.123. The molecule has 2 rings (SSSR count). The van der Waals surface area contributed by atoms with Crippen molar-refractivity contribution in [3.63, 3.8) is 0 Å². The highest BCUT2D eigenvalue weighted by atomic mass is 35.5. The first kappa shape index (κ1) is 19.6. The summed E-state index contributed by atoms with van der Waals surface area (Å²) in [5.41, 5.74) is 0.783. The quantitative estimate of drug-likeness (QED) is 0.801. The minimum Gasteiger partial charge on any atom is -0.482 e. The number of halogens is 2. The monoisotopic (exact) mass is 401 g/mol. The van der Waals surface area contributed by atoms with E-state index in [1.165, 1.54) is 18.2 Å². The summed E-state index contributed by atoms with van der Waals surface area (Å²) in [6.45, 7) is 1.59. The van der Waals surface area contributed by atoms with Gasteiger partial charge in [0.15, 0.2) is 16.4 Å². The van der Waals surface area contributed by atoms with Crippen molar-refractivity contribution in [2.75, 3.05) is 12.9 Å². The number of hydrogen-bond acceptors (Lipinski definition) is 4. The van der Waals surface area contributed by atoms with Crippen molar-refractivity contribution < 1.29 is 17.9 Å². The Morgan fingerprint density at radius 1 is 1.16 bits per heavy atom. The van der Waals surface area contributed by atoms with Crippen LogP contribution in [0.4, 0.5) is 0 Å². The standard InChI is InChI=1S/C17H17Cl2NO4S/c1-11(12-3-6-14(7-4-12)25(2,22)23)20-17(21)10-24-16-8-5-13(18)9-15(16)19/h3-9,11H,10H2,1-2H3,(H,20,21). The van der Waals surface area contributed by atoms with Gasteiger partial charge in [-0.2, -0.15) is 0 Å². The third-order valence-corrected chi connectivity index (χ3v) is 5.10. The Labute approximate surface area is 156 Å². The van der Waals surface area contributed by atoms with Gasteiger partial charge in [0.2, 0.25) is 0 Å². The van der Waals surface area contributed by atoms with E-state index in [1.807, 2.05) is 0 Å². The smallest absolute Gasteiger partial charge is 0.258 e. The van der Waals surface area contributed by atoms with E-state index in [9.17, 15) is 13.2 Å². The maximum Gasteiger partial charge on any atom is 0.258 e. The van der Waals surface area contributed by atoms with Crippen molar-refractivity contribution >= 4 is 38.9 Å². The van der Waals surface area contributed by atoms with Crippen LogP contribution >= 0.6 is 23.2 Å². The fourth-order valence-electron chi connectivity index (χ4n) is 2.11. The van der Waals surface area contributed by atoms with Gasteiger partial charge in [0.05, 0.1) is 16.0 Å². The number of sulfone groups is 1. The molecule has 0 saturated carbocycles. The van der Waals surface area contributed by atoms with Crippen LogP contribution in [0.15, 0.2) is 47.4 Å². The lowest BCUT2D eigenvalue weighted by Crippen LogP contribution is -2.31. The molecule has 0 heterocycles. The first-order valence-electron chi connectivity index (χ1n) is 7.34. The summed E-state index contributed by atoms with van der Waals surface area (Å²) in [6.07, 6.45) is 1.15. The second kappa shape index (κ2) is 8.08. The van der Waals surface area contributed by atoms with Gasteiger partial charge in [-0.15, -0.1) is 0 Å². The van der Waals surface area contributed by atoms with E-state index in [2.05, 4.69) is 5.32 Å². The number of hydrogen-bond donors (Lipinski definition) is 1. The molecule has 0 bridgehead atoms. The molecule has 0 aliphatic carbocycles. The molecular weight excluding hydrogens is 385 g/mol. The topological polar surface area (TPSA) is 72.5 Å². The molecule has 1 unspecified atom stereocenters. The van der Waals surface area contributed by atoms with Gasteiger partial charge in [0, 0.05) is 11.3 Å².